The lowest BCUT2D eigenvalue weighted by Crippen LogP contribution is -1.98. The van der Waals surface area contributed by atoms with E-state index in [4.69, 9.17) is 0 Å². The number of hydrogen-bond donors (Lipinski definition) is 2. The third-order valence-electron chi connectivity index (χ3n) is 3.28. The molecule has 0 saturated carbocycles. The maximum absolute atomic E-state index is 4.37. The lowest BCUT2D eigenvalue weighted by Gasteiger charge is -2.03. The molecule has 0 aliphatic heterocycles. The molecule has 5 heteroatoms. The van der Waals surface area contributed by atoms with Crippen molar-refractivity contribution in [3.8, 4) is 11.3 Å². The minimum absolute atomic E-state index is 0.769. The molecular formula is C17H18N4S. The van der Waals surface area contributed by atoms with E-state index in [1.165, 1.54) is 10.5 Å². The van der Waals surface area contributed by atoms with Crippen molar-refractivity contribution in [1.29, 1.82) is 0 Å². The first kappa shape index (κ1) is 14.7. The Kier molecular flexibility index (Phi) is 4.44. The lowest BCUT2D eigenvalue weighted by molar-refractivity contribution is 1.20. The summed E-state index contributed by atoms with van der Waals surface area (Å²) < 4.78 is 0. The van der Waals surface area contributed by atoms with Gasteiger partial charge in [-0.2, -0.15) is 0 Å². The number of imidazole rings is 1. The van der Waals surface area contributed by atoms with Gasteiger partial charge in [-0.3, -0.25) is 4.98 Å². The van der Waals surface area contributed by atoms with E-state index < -0.39 is 0 Å². The highest BCUT2D eigenvalue weighted by Gasteiger charge is 2.03. The van der Waals surface area contributed by atoms with Gasteiger partial charge < -0.3 is 10.3 Å². The van der Waals surface area contributed by atoms with Crippen LogP contribution >= 0.6 is 11.8 Å². The predicted molar refractivity (Wildman–Crippen MR) is 92.1 cm³/mol. The molecule has 2 aromatic heterocycles. The van der Waals surface area contributed by atoms with Gasteiger partial charge in [-0.25, -0.2) is 4.98 Å². The molecule has 0 radical (unpaired) electrons. The van der Waals surface area contributed by atoms with Crippen molar-refractivity contribution in [2.45, 2.75) is 18.7 Å². The molecule has 112 valence electrons. The van der Waals surface area contributed by atoms with E-state index in [2.05, 4.69) is 51.5 Å². The molecule has 3 aromatic rings. The Labute approximate surface area is 134 Å². The molecule has 1 aromatic carbocycles. The molecule has 3 rings (SSSR count). The Hall–Kier alpha value is -2.27. The molecule has 4 nitrogen and oxygen atoms in total. The fraction of sp³-hybridized carbons (Fsp3) is 0.176. The van der Waals surface area contributed by atoms with Crippen LogP contribution in [-0.4, -0.2) is 20.8 Å². The number of benzene rings is 1. The van der Waals surface area contributed by atoms with Gasteiger partial charge in [0, 0.05) is 22.3 Å². The highest BCUT2D eigenvalue weighted by molar-refractivity contribution is 7.99. The molecular weight excluding hydrogens is 292 g/mol. The summed E-state index contributed by atoms with van der Waals surface area (Å²) in [6.45, 7) is 4.08. The third-order valence-corrected chi connectivity index (χ3v) is 4.18. The van der Waals surface area contributed by atoms with E-state index in [1.807, 2.05) is 31.5 Å². The van der Waals surface area contributed by atoms with Gasteiger partial charge in [0.05, 0.1) is 17.8 Å². The number of H-pyrrole nitrogens is 1. The van der Waals surface area contributed by atoms with Crippen LogP contribution in [0.15, 0.2) is 53.7 Å². The second kappa shape index (κ2) is 6.66. The molecule has 0 aliphatic rings. The van der Waals surface area contributed by atoms with Gasteiger partial charge in [-0.1, -0.05) is 17.7 Å². The number of aromatic amines is 1. The molecule has 0 atom stereocenters. The Bertz CT molecular complexity index is 749. The van der Waals surface area contributed by atoms with Crippen LogP contribution in [0.25, 0.3) is 11.3 Å². The van der Waals surface area contributed by atoms with Crippen molar-refractivity contribution in [3.05, 3.63) is 60.0 Å². The standard InChI is InChI=1S/C17H18N4S/c1-12-3-5-15(6-4-12)22-11-20-17-19-10-16(21-17)14-7-8-18-13(2)9-14/h3-10H,11H2,1-2H3,(H2,19,20,21). The fourth-order valence-corrected chi connectivity index (χ4v) is 2.80. The van der Waals surface area contributed by atoms with Crippen LogP contribution in [0.4, 0.5) is 5.95 Å². The van der Waals surface area contributed by atoms with E-state index in [0.717, 1.165) is 28.8 Å². The van der Waals surface area contributed by atoms with Crippen LogP contribution in [0.3, 0.4) is 0 Å². The van der Waals surface area contributed by atoms with Gasteiger partial charge in [-0.05, 0) is 38.1 Å². The molecule has 0 bridgehead atoms. The average molecular weight is 310 g/mol. The van der Waals surface area contributed by atoms with Crippen LogP contribution < -0.4 is 5.32 Å². The second-order valence-corrected chi connectivity index (χ2v) is 6.16. The SMILES string of the molecule is Cc1ccc(SCNc2ncc(-c3ccnc(C)c3)[nH]2)cc1. The van der Waals surface area contributed by atoms with E-state index in [9.17, 15) is 0 Å². The van der Waals surface area contributed by atoms with Crippen molar-refractivity contribution >= 4 is 17.7 Å². The summed E-state index contributed by atoms with van der Waals surface area (Å²) in [7, 11) is 0. The molecule has 0 fully saturated rings. The summed E-state index contributed by atoms with van der Waals surface area (Å²) in [4.78, 5) is 13.1. The largest absolute Gasteiger partial charge is 0.346 e. The first-order chi connectivity index (χ1) is 10.7. The molecule has 2 N–H and O–H groups in total. The maximum atomic E-state index is 4.37. The van der Waals surface area contributed by atoms with Gasteiger partial charge >= 0.3 is 0 Å². The molecule has 0 amide bonds. The topological polar surface area (TPSA) is 53.6 Å². The monoisotopic (exact) mass is 310 g/mol. The minimum atomic E-state index is 0.769. The Morgan fingerprint density at radius 3 is 2.68 bits per heavy atom. The first-order valence-electron chi connectivity index (χ1n) is 7.12. The number of rotatable bonds is 5. The zero-order valence-corrected chi connectivity index (χ0v) is 13.4. The summed E-state index contributed by atoms with van der Waals surface area (Å²) in [5.41, 5.74) is 4.37. The second-order valence-electron chi connectivity index (χ2n) is 5.11. The van der Waals surface area contributed by atoms with Crippen LogP contribution in [0.1, 0.15) is 11.3 Å². The maximum Gasteiger partial charge on any atom is 0.201 e. The molecule has 0 unspecified atom stereocenters. The molecule has 0 spiro atoms. The number of aromatic nitrogens is 3. The summed E-state index contributed by atoms with van der Waals surface area (Å²) in [6, 6.07) is 12.5. The smallest absolute Gasteiger partial charge is 0.201 e. The van der Waals surface area contributed by atoms with E-state index >= 15 is 0 Å². The molecule has 0 aliphatic carbocycles. The first-order valence-corrected chi connectivity index (χ1v) is 8.10. The summed E-state index contributed by atoms with van der Waals surface area (Å²) in [5.74, 6) is 1.55. The van der Waals surface area contributed by atoms with E-state index in [0.29, 0.717) is 0 Å². The van der Waals surface area contributed by atoms with Gasteiger partial charge in [0.1, 0.15) is 0 Å². The lowest BCUT2D eigenvalue weighted by atomic mass is 10.2. The van der Waals surface area contributed by atoms with Crippen LogP contribution in [0.5, 0.6) is 0 Å². The van der Waals surface area contributed by atoms with Crippen LogP contribution in [-0.2, 0) is 0 Å². The van der Waals surface area contributed by atoms with Crippen molar-refractivity contribution < 1.29 is 0 Å². The number of nitrogens with one attached hydrogen (secondary N) is 2. The zero-order chi connectivity index (χ0) is 15.4. The van der Waals surface area contributed by atoms with Crippen molar-refractivity contribution in [1.82, 2.24) is 15.0 Å². The van der Waals surface area contributed by atoms with Crippen LogP contribution in [0.2, 0.25) is 0 Å². The molecule has 22 heavy (non-hydrogen) atoms. The minimum Gasteiger partial charge on any atom is -0.346 e. The van der Waals surface area contributed by atoms with Crippen molar-refractivity contribution in [3.63, 3.8) is 0 Å². The third kappa shape index (κ3) is 3.68. The average Bonchev–Trinajstić information content (AvgIpc) is 2.98. The van der Waals surface area contributed by atoms with Gasteiger partial charge in [0.25, 0.3) is 0 Å². The number of anilines is 1. The zero-order valence-electron chi connectivity index (χ0n) is 12.6. The van der Waals surface area contributed by atoms with Crippen molar-refractivity contribution in [2.24, 2.45) is 0 Å². The highest BCUT2D eigenvalue weighted by Crippen LogP contribution is 2.21. The fourth-order valence-electron chi connectivity index (χ4n) is 2.09. The number of hydrogen-bond acceptors (Lipinski definition) is 4. The van der Waals surface area contributed by atoms with Gasteiger partial charge in [0.2, 0.25) is 5.95 Å². The summed E-state index contributed by atoms with van der Waals surface area (Å²) >= 11 is 1.75. The summed E-state index contributed by atoms with van der Waals surface area (Å²) in [5, 5.41) is 3.29. The number of aryl methyl sites for hydroxylation is 2. The Morgan fingerprint density at radius 2 is 1.91 bits per heavy atom. The van der Waals surface area contributed by atoms with Gasteiger partial charge in [0.15, 0.2) is 0 Å². The molecule has 2 heterocycles. The predicted octanol–water partition coefficient (Wildman–Crippen LogP) is 4.25. The van der Waals surface area contributed by atoms with Crippen LogP contribution in [0, 0.1) is 13.8 Å². The number of pyridine rings is 1. The molecule has 0 saturated heterocycles. The highest BCUT2D eigenvalue weighted by atomic mass is 32.2. The quantitative estimate of drug-likeness (QED) is 0.546. The Balaban J connectivity index is 1.59. The van der Waals surface area contributed by atoms with Gasteiger partial charge in [-0.15, -0.1) is 11.8 Å². The van der Waals surface area contributed by atoms with E-state index in [-0.39, 0.29) is 0 Å². The normalized spacial score (nSPS) is 10.6. The summed E-state index contributed by atoms with van der Waals surface area (Å²) in [6.07, 6.45) is 3.65. The van der Waals surface area contributed by atoms with E-state index in [1.54, 1.807) is 11.8 Å². The number of nitrogens with zero attached hydrogens (tertiary/aromatic N) is 2. The Morgan fingerprint density at radius 1 is 1.09 bits per heavy atom. The number of thioether (sulfide) groups is 1. The van der Waals surface area contributed by atoms with Crippen molar-refractivity contribution in [2.75, 3.05) is 11.2 Å².